The highest BCUT2D eigenvalue weighted by Gasteiger charge is 2.27. The number of likely N-dealkylation sites (tertiary alicyclic amines) is 2. The molecule has 2 amide bonds. The van der Waals surface area contributed by atoms with Gasteiger partial charge in [-0.1, -0.05) is 6.42 Å². The molecule has 8 heteroatoms. The molecular weight excluding hydrogens is 327 g/mol. The highest BCUT2D eigenvalue weighted by Crippen LogP contribution is 2.20. The highest BCUT2D eigenvalue weighted by molar-refractivity contribution is 5.86. The van der Waals surface area contributed by atoms with E-state index in [9.17, 15) is 9.59 Å². The van der Waals surface area contributed by atoms with Crippen molar-refractivity contribution in [2.45, 2.75) is 38.1 Å². The molecule has 0 saturated carbocycles. The maximum atomic E-state index is 12.0. The Morgan fingerprint density at radius 3 is 2.14 bits per heavy atom. The summed E-state index contributed by atoms with van der Waals surface area (Å²) in [6.45, 7) is 4.04. The topological polar surface area (TPSA) is 78.7 Å². The van der Waals surface area contributed by atoms with Crippen LogP contribution in [0, 0.1) is 0 Å². The zero-order valence-corrected chi connectivity index (χ0v) is 14.6. The minimum atomic E-state index is -0.276. The maximum Gasteiger partial charge on any atom is 0.241 e. The number of nitrogens with one attached hydrogen (secondary N) is 1. The van der Waals surface area contributed by atoms with Gasteiger partial charge in [0.2, 0.25) is 11.8 Å². The fourth-order valence-electron chi connectivity index (χ4n) is 3.12. The van der Waals surface area contributed by atoms with Gasteiger partial charge < -0.3 is 20.9 Å². The molecule has 2 aliphatic rings. The number of rotatable bonds is 4. The highest BCUT2D eigenvalue weighted by atomic mass is 35.5. The quantitative estimate of drug-likeness (QED) is 0.764. The minimum Gasteiger partial charge on any atom is -0.346 e. The number of carbonyl (C=O) groups excluding carboxylic acids is 2. The predicted molar refractivity (Wildman–Crippen MR) is 91.6 cm³/mol. The van der Waals surface area contributed by atoms with Crippen LogP contribution in [0.25, 0.3) is 0 Å². The number of nitrogens with zero attached hydrogens (tertiary/aromatic N) is 2. The molecule has 130 valence electrons. The van der Waals surface area contributed by atoms with E-state index >= 15 is 0 Å². The molecule has 2 rings (SSSR count). The summed E-state index contributed by atoms with van der Waals surface area (Å²) in [6.07, 6.45) is 6.08. The first kappa shape index (κ1) is 21.4. The van der Waals surface area contributed by atoms with Crippen LogP contribution in [0.5, 0.6) is 0 Å². The molecule has 3 N–H and O–H groups in total. The summed E-state index contributed by atoms with van der Waals surface area (Å²) in [4.78, 5) is 27.4. The molecular formula is C14H28Cl2N4O2. The number of piperidine rings is 2. The van der Waals surface area contributed by atoms with Crippen molar-refractivity contribution in [3.8, 4) is 0 Å². The van der Waals surface area contributed by atoms with Crippen molar-refractivity contribution in [3.63, 3.8) is 0 Å². The summed E-state index contributed by atoms with van der Waals surface area (Å²) < 4.78 is 0. The molecule has 0 aliphatic carbocycles. The third kappa shape index (κ3) is 6.28. The Balaban J connectivity index is 0.00000220. The van der Waals surface area contributed by atoms with E-state index in [4.69, 9.17) is 5.73 Å². The summed E-state index contributed by atoms with van der Waals surface area (Å²) in [6, 6.07) is 0.637. The van der Waals surface area contributed by atoms with Crippen molar-refractivity contribution >= 4 is 36.6 Å². The van der Waals surface area contributed by atoms with Gasteiger partial charge in [0, 0.05) is 19.1 Å². The molecule has 22 heavy (non-hydrogen) atoms. The van der Waals surface area contributed by atoms with Crippen LogP contribution in [-0.4, -0.2) is 66.9 Å². The Hall–Kier alpha value is -0.560. The average Bonchev–Trinajstić information content (AvgIpc) is 2.53. The van der Waals surface area contributed by atoms with Gasteiger partial charge in [-0.3, -0.25) is 9.59 Å². The van der Waals surface area contributed by atoms with Gasteiger partial charge in [0.05, 0.1) is 13.1 Å². The summed E-state index contributed by atoms with van der Waals surface area (Å²) in [7, 11) is 0. The standard InChI is InChI=1S/C14H26N4O2.2ClH/c15-10-13(19)16-11-14(20)18-8-4-12(5-9-18)17-6-2-1-3-7-17;;/h12H,1-11,15H2,(H,16,19);2*1H. The second kappa shape index (κ2) is 11.0. The Kier molecular flexibility index (Phi) is 10.8. The molecule has 0 atom stereocenters. The summed E-state index contributed by atoms with van der Waals surface area (Å²) in [5.41, 5.74) is 5.20. The first-order chi connectivity index (χ1) is 9.70. The zero-order valence-electron chi connectivity index (χ0n) is 13.0. The van der Waals surface area contributed by atoms with Crippen LogP contribution < -0.4 is 11.1 Å². The SMILES string of the molecule is Cl.Cl.NCC(=O)NCC(=O)N1CCC(N2CCCCC2)CC1. The molecule has 2 heterocycles. The Labute approximate surface area is 145 Å². The number of nitrogens with two attached hydrogens (primary N) is 1. The van der Waals surface area contributed by atoms with Crippen molar-refractivity contribution in [1.82, 2.24) is 15.1 Å². The Morgan fingerprint density at radius 2 is 1.59 bits per heavy atom. The van der Waals surface area contributed by atoms with E-state index in [1.165, 1.54) is 32.4 Å². The summed E-state index contributed by atoms with van der Waals surface area (Å²) in [5, 5.41) is 2.54. The molecule has 0 spiro atoms. The van der Waals surface area contributed by atoms with E-state index < -0.39 is 0 Å². The van der Waals surface area contributed by atoms with Crippen LogP contribution in [0.4, 0.5) is 0 Å². The van der Waals surface area contributed by atoms with Gasteiger partial charge in [-0.25, -0.2) is 0 Å². The third-order valence-corrected chi connectivity index (χ3v) is 4.35. The number of amides is 2. The lowest BCUT2D eigenvalue weighted by Gasteiger charge is -2.40. The number of halogens is 2. The fraction of sp³-hybridized carbons (Fsp3) is 0.857. The normalized spacial score (nSPS) is 19.8. The van der Waals surface area contributed by atoms with Crippen LogP contribution in [0.15, 0.2) is 0 Å². The third-order valence-electron chi connectivity index (χ3n) is 4.35. The zero-order chi connectivity index (χ0) is 14.4. The van der Waals surface area contributed by atoms with Crippen molar-refractivity contribution < 1.29 is 9.59 Å². The monoisotopic (exact) mass is 354 g/mol. The predicted octanol–water partition coefficient (Wildman–Crippen LogP) is 0.382. The van der Waals surface area contributed by atoms with Gasteiger partial charge in [-0.2, -0.15) is 0 Å². The first-order valence-corrected chi connectivity index (χ1v) is 7.69. The van der Waals surface area contributed by atoms with Crippen LogP contribution in [0.2, 0.25) is 0 Å². The van der Waals surface area contributed by atoms with E-state index in [1.54, 1.807) is 0 Å². The number of hydrogen-bond acceptors (Lipinski definition) is 4. The van der Waals surface area contributed by atoms with Crippen LogP contribution in [0.3, 0.4) is 0 Å². The Bertz CT molecular complexity index is 344. The lowest BCUT2D eigenvalue weighted by atomic mass is 10.00. The van der Waals surface area contributed by atoms with Crippen LogP contribution in [0.1, 0.15) is 32.1 Å². The molecule has 2 saturated heterocycles. The molecule has 0 aromatic rings. The number of carbonyl (C=O) groups is 2. The largest absolute Gasteiger partial charge is 0.346 e. The minimum absolute atomic E-state index is 0. The van der Waals surface area contributed by atoms with Gasteiger partial charge in [0.25, 0.3) is 0 Å². The van der Waals surface area contributed by atoms with Gasteiger partial charge in [0.15, 0.2) is 0 Å². The Morgan fingerprint density at radius 1 is 1.00 bits per heavy atom. The van der Waals surface area contributed by atoms with Crippen molar-refractivity contribution in [2.75, 3.05) is 39.3 Å². The number of hydrogen-bond donors (Lipinski definition) is 2. The lowest BCUT2D eigenvalue weighted by Crippen LogP contribution is -2.50. The van der Waals surface area contributed by atoms with Crippen molar-refractivity contribution in [1.29, 1.82) is 0 Å². The average molecular weight is 355 g/mol. The maximum absolute atomic E-state index is 12.0. The van der Waals surface area contributed by atoms with E-state index in [2.05, 4.69) is 10.2 Å². The first-order valence-electron chi connectivity index (χ1n) is 7.69. The molecule has 0 aromatic carbocycles. The molecule has 2 aliphatic heterocycles. The van der Waals surface area contributed by atoms with E-state index in [-0.39, 0.29) is 49.7 Å². The molecule has 0 unspecified atom stereocenters. The fourth-order valence-corrected chi connectivity index (χ4v) is 3.12. The molecule has 0 aromatic heterocycles. The lowest BCUT2D eigenvalue weighted by molar-refractivity contribution is -0.134. The van der Waals surface area contributed by atoms with Crippen LogP contribution >= 0.6 is 24.8 Å². The smallest absolute Gasteiger partial charge is 0.241 e. The van der Waals surface area contributed by atoms with Gasteiger partial charge in [0.1, 0.15) is 0 Å². The molecule has 0 radical (unpaired) electrons. The van der Waals surface area contributed by atoms with Crippen molar-refractivity contribution in [2.24, 2.45) is 5.73 Å². The second-order valence-electron chi connectivity index (χ2n) is 5.69. The van der Waals surface area contributed by atoms with Gasteiger partial charge in [-0.15, -0.1) is 24.8 Å². The van der Waals surface area contributed by atoms with Gasteiger partial charge >= 0.3 is 0 Å². The van der Waals surface area contributed by atoms with Crippen molar-refractivity contribution in [3.05, 3.63) is 0 Å². The van der Waals surface area contributed by atoms with Crippen LogP contribution in [-0.2, 0) is 9.59 Å². The summed E-state index contributed by atoms with van der Waals surface area (Å²) in [5.74, 6) is -0.273. The summed E-state index contributed by atoms with van der Waals surface area (Å²) >= 11 is 0. The van der Waals surface area contributed by atoms with E-state index in [1.807, 2.05) is 4.90 Å². The second-order valence-corrected chi connectivity index (χ2v) is 5.69. The molecule has 6 nitrogen and oxygen atoms in total. The van der Waals surface area contributed by atoms with E-state index in [0.717, 1.165) is 25.9 Å². The van der Waals surface area contributed by atoms with E-state index in [0.29, 0.717) is 6.04 Å². The van der Waals surface area contributed by atoms with Gasteiger partial charge in [-0.05, 0) is 38.8 Å². The molecule has 0 bridgehead atoms. The molecule has 2 fully saturated rings.